The van der Waals surface area contributed by atoms with Crippen LogP contribution in [0.3, 0.4) is 0 Å². The lowest BCUT2D eigenvalue weighted by Crippen LogP contribution is -2.20. The van der Waals surface area contributed by atoms with Gasteiger partial charge >= 0.3 is 5.97 Å². The number of anilines is 1. The molecule has 4 rings (SSSR count). The Labute approximate surface area is 187 Å². The molecular formula is C24H27N5O3. The topological polar surface area (TPSA) is 99.0 Å². The minimum absolute atomic E-state index is 0.0581. The van der Waals surface area contributed by atoms with Crippen LogP contribution in [0, 0.1) is 0 Å². The summed E-state index contributed by atoms with van der Waals surface area (Å²) in [5, 5.41) is 7.57. The summed E-state index contributed by atoms with van der Waals surface area (Å²) in [6.07, 6.45) is 9.77. The Balaban J connectivity index is 1.43. The molecule has 166 valence electrons. The van der Waals surface area contributed by atoms with E-state index in [2.05, 4.69) is 45.5 Å². The summed E-state index contributed by atoms with van der Waals surface area (Å²) in [6.45, 7) is 4.17. The number of hydrogen-bond acceptors (Lipinski definition) is 7. The maximum absolute atomic E-state index is 11.7. The molecular weight excluding hydrogens is 406 g/mol. The molecule has 0 spiro atoms. The van der Waals surface area contributed by atoms with Crippen LogP contribution < -0.4 is 5.32 Å². The molecule has 0 fully saturated rings. The molecule has 1 unspecified atom stereocenters. The van der Waals surface area contributed by atoms with Crippen molar-refractivity contribution in [1.29, 1.82) is 0 Å². The molecule has 0 aliphatic heterocycles. The van der Waals surface area contributed by atoms with Gasteiger partial charge in [0.25, 0.3) is 0 Å². The van der Waals surface area contributed by atoms with E-state index in [4.69, 9.17) is 4.74 Å². The van der Waals surface area contributed by atoms with Gasteiger partial charge in [0, 0.05) is 35.8 Å². The molecule has 0 amide bonds. The van der Waals surface area contributed by atoms with Gasteiger partial charge in [0.15, 0.2) is 6.29 Å². The summed E-state index contributed by atoms with van der Waals surface area (Å²) in [7, 11) is 0. The smallest absolute Gasteiger partial charge is 0.327 e. The first-order valence-electron chi connectivity index (χ1n) is 11.0. The second kappa shape index (κ2) is 9.72. The number of aldehydes is 1. The molecule has 8 heteroatoms. The molecule has 0 saturated heterocycles. The van der Waals surface area contributed by atoms with Gasteiger partial charge in [-0.25, -0.2) is 9.97 Å². The second-order valence-electron chi connectivity index (χ2n) is 7.95. The van der Waals surface area contributed by atoms with E-state index in [1.165, 1.54) is 21.4 Å². The number of carbonyl (C=O) groups excluding carboxylic acids is 2. The molecule has 0 radical (unpaired) electrons. The van der Waals surface area contributed by atoms with Gasteiger partial charge < -0.3 is 10.1 Å². The van der Waals surface area contributed by atoms with Gasteiger partial charge in [-0.3, -0.25) is 14.3 Å². The Morgan fingerprint density at radius 2 is 2.00 bits per heavy atom. The van der Waals surface area contributed by atoms with Crippen molar-refractivity contribution in [3.63, 3.8) is 0 Å². The van der Waals surface area contributed by atoms with Gasteiger partial charge in [0.1, 0.15) is 12.2 Å². The standard InChI is InChI=1S/C24H27N5O3/c1-3-5-16-6-7-17-9-20(10-18(17)8-16)27-24-25-11-19(12-26-24)21-13-29(28-22(21)15-30)14-23(31)32-4-2/h6-8,11-13,15,20H,3-5,9-10,14H2,1-2H3,(H,25,26,27). The number of esters is 1. The average molecular weight is 434 g/mol. The van der Waals surface area contributed by atoms with Crippen LogP contribution >= 0.6 is 0 Å². The third-order valence-electron chi connectivity index (χ3n) is 5.54. The lowest BCUT2D eigenvalue weighted by atomic mass is 10.0. The SMILES string of the molecule is CCCc1ccc2c(c1)CC(Nc1ncc(-c3cn(CC(=O)OCC)nc3C=O)cn1)C2. The first kappa shape index (κ1) is 21.7. The number of ether oxygens (including phenoxy) is 1. The number of hydrogen-bond donors (Lipinski definition) is 1. The van der Waals surface area contributed by atoms with Crippen molar-refractivity contribution in [2.45, 2.75) is 52.1 Å². The molecule has 32 heavy (non-hydrogen) atoms. The number of fused-ring (bicyclic) bond motifs is 1. The molecule has 0 saturated carbocycles. The van der Waals surface area contributed by atoms with Crippen LogP contribution in [0.5, 0.6) is 0 Å². The zero-order valence-electron chi connectivity index (χ0n) is 18.4. The van der Waals surface area contributed by atoms with E-state index in [0.717, 1.165) is 25.7 Å². The van der Waals surface area contributed by atoms with Crippen LogP contribution in [-0.4, -0.2) is 44.7 Å². The van der Waals surface area contributed by atoms with Crippen molar-refractivity contribution in [2.75, 3.05) is 11.9 Å². The zero-order chi connectivity index (χ0) is 22.5. The third-order valence-corrected chi connectivity index (χ3v) is 5.54. The number of nitrogens with one attached hydrogen (secondary N) is 1. The van der Waals surface area contributed by atoms with Crippen molar-refractivity contribution in [1.82, 2.24) is 19.7 Å². The van der Waals surface area contributed by atoms with Crippen LogP contribution in [0.1, 0.15) is 47.4 Å². The highest BCUT2D eigenvalue weighted by molar-refractivity contribution is 5.84. The fourth-order valence-electron chi connectivity index (χ4n) is 4.11. The van der Waals surface area contributed by atoms with Crippen molar-refractivity contribution in [2.24, 2.45) is 0 Å². The molecule has 2 aromatic heterocycles. The molecule has 0 bridgehead atoms. The monoisotopic (exact) mass is 433 g/mol. The highest BCUT2D eigenvalue weighted by atomic mass is 16.5. The van der Waals surface area contributed by atoms with Gasteiger partial charge in [-0.2, -0.15) is 5.10 Å². The van der Waals surface area contributed by atoms with Crippen LogP contribution in [0.2, 0.25) is 0 Å². The Morgan fingerprint density at radius 1 is 1.22 bits per heavy atom. The molecule has 8 nitrogen and oxygen atoms in total. The molecule has 1 aliphatic rings. The first-order valence-corrected chi connectivity index (χ1v) is 11.0. The Bertz CT molecular complexity index is 1110. The van der Waals surface area contributed by atoms with Gasteiger partial charge in [-0.1, -0.05) is 31.5 Å². The Hall–Kier alpha value is -3.55. The second-order valence-corrected chi connectivity index (χ2v) is 7.95. The summed E-state index contributed by atoms with van der Waals surface area (Å²) in [6, 6.07) is 7.04. The molecule has 2 heterocycles. The van der Waals surface area contributed by atoms with Crippen LogP contribution in [0.25, 0.3) is 11.1 Å². The summed E-state index contributed by atoms with van der Waals surface area (Å²) >= 11 is 0. The lowest BCUT2D eigenvalue weighted by Gasteiger charge is -2.11. The molecule has 3 aromatic rings. The summed E-state index contributed by atoms with van der Waals surface area (Å²) in [5.74, 6) is 0.140. The van der Waals surface area contributed by atoms with E-state index in [1.807, 2.05) is 0 Å². The van der Waals surface area contributed by atoms with Crippen molar-refractivity contribution < 1.29 is 14.3 Å². The molecule has 1 atom stereocenters. The van der Waals surface area contributed by atoms with E-state index in [1.54, 1.807) is 25.5 Å². The van der Waals surface area contributed by atoms with Crippen LogP contribution in [0.15, 0.2) is 36.8 Å². The largest absolute Gasteiger partial charge is 0.465 e. The first-order chi connectivity index (χ1) is 15.6. The minimum atomic E-state index is -0.408. The highest BCUT2D eigenvalue weighted by Gasteiger charge is 2.22. The number of aromatic nitrogens is 4. The predicted molar refractivity (Wildman–Crippen MR) is 121 cm³/mol. The number of aryl methyl sites for hydroxylation is 1. The van der Waals surface area contributed by atoms with Crippen molar-refractivity contribution >= 4 is 18.2 Å². The van der Waals surface area contributed by atoms with Crippen LogP contribution in [0.4, 0.5) is 5.95 Å². The predicted octanol–water partition coefficient (Wildman–Crippen LogP) is 3.25. The molecule has 1 aromatic carbocycles. The van der Waals surface area contributed by atoms with E-state index in [9.17, 15) is 9.59 Å². The van der Waals surface area contributed by atoms with E-state index in [-0.39, 0.29) is 18.3 Å². The fraction of sp³-hybridized carbons (Fsp3) is 0.375. The number of carbonyl (C=O) groups is 2. The van der Waals surface area contributed by atoms with E-state index >= 15 is 0 Å². The third kappa shape index (κ3) is 4.85. The maximum atomic E-state index is 11.7. The Kier molecular flexibility index (Phi) is 6.58. The Morgan fingerprint density at radius 3 is 2.72 bits per heavy atom. The normalized spacial score (nSPS) is 14.8. The van der Waals surface area contributed by atoms with Crippen molar-refractivity contribution in [3.05, 3.63) is 59.2 Å². The van der Waals surface area contributed by atoms with Gasteiger partial charge in [0.2, 0.25) is 5.95 Å². The quantitative estimate of drug-likeness (QED) is 0.408. The summed E-state index contributed by atoms with van der Waals surface area (Å²) in [5.41, 5.74) is 5.63. The number of rotatable bonds is 9. The van der Waals surface area contributed by atoms with Gasteiger partial charge in [0.05, 0.1) is 6.61 Å². The number of benzene rings is 1. The van der Waals surface area contributed by atoms with E-state index in [0.29, 0.717) is 30.0 Å². The summed E-state index contributed by atoms with van der Waals surface area (Å²) < 4.78 is 6.33. The summed E-state index contributed by atoms with van der Waals surface area (Å²) in [4.78, 5) is 32.0. The van der Waals surface area contributed by atoms with E-state index < -0.39 is 5.97 Å². The lowest BCUT2D eigenvalue weighted by molar-refractivity contribution is -0.144. The fourth-order valence-corrected chi connectivity index (χ4v) is 4.11. The molecule has 1 aliphatic carbocycles. The zero-order valence-corrected chi connectivity index (χ0v) is 18.4. The molecule has 1 N–H and O–H groups in total. The average Bonchev–Trinajstić information content (AvgIpc) is 3.37. The number of nitrogens with zero attached hydrogens (tertiary/aromatic N) is 4. The van der Waals surface area contributed by atoms with Gasteiger partial charge in [-0.15, -0.1) is 0 Å². The highest BCUT2D eigenvalue weighted by Crippen LogP contribution is 2.26. The maximum Gasteiger partial charge on any atom is 0.327 e. The van der Waals surface area contributed by atoms with Gasteiger partial charge in [-0.05, 0) is 42.9 Å². The van der Waals surface area contributed by atoms with Crippen molar-refractivity contribution in [3.8, 4) is 11.1 Å². The van der Waals surface area contributed by atoms with Crippen LogP contribution in [-0.2, 0) is 35.3 Å². The minimum Gasteiger partial charge on any atom is -0.465 e.